The highest BCUT2D eigenvalue weighted by Crippen LogP contribution is 2.41. The molecular formula is C28H33F2N3O3. The monoisotopic (exact) mass is 497 g/mol. The number of hydrogen-bond acceptors (Lipinski definition) is 3. The van der Waals surface area contributed by atoms with Gasteiger partial charge in [-0.25, -0.2) is 8.78 Å². The minimum atomic E-state index is -0.668. The normalized spacial score (nSPS) is 12.3. The highest BCUT2D eigenvalue weighted by molar-refractivity contribution is 5.78. The smallest absolute Gasteiger partial charge is 0.248 e. The first kappa shape index (κ1) is 27.1. The molecule has 1 atom stereocenters. The second kappa shape index (κ2) is 11.9. The number of amides is 2. The Hall–Kier alpha value is -3.52. The van der Waals surface area contributed by atoms with Crippen molar-refractivity contribution in [3.63, 3.8) is 0 Å². The number of benzene rings is 2. The van der Waals surface area contributed by atoms with E-state index in [2.05, 4.69) is 5.32 Å². The molecule has 0 bridgehead atoms. The van der Waals surface area contributed by atoms with Gasteiger partial charge in [0.2, 0.25) is 12.3 Å². The molecule has 2 amide bonds. The topological polar surface area (TPSA) is 74.6 Å². The third-order valence-corrected chi connectivity index (χ3v) is 6.04. The van der Waals surface area contributed by atoms with E-state index in [-0.39, 0.29) is 5.56 Å². The van der Waals surface area contributed by atoms with E-state index >= 15 is 0 Å². The number of rotatable bonds is 11. The highest BCUT2D eigenvalue weighted by Gasteiger charge is 2.36. The fourth-order valence-corrected chi connectivity index (χ4v) is 4.51. The van der Waals surface area contributed by atoms with E-state index in [0.717, 1.165) is 29.5 Å². The third kappa shape index (κ3) is 6.57. The maximum absolute atomic E-state index is 14.7. The molecule has 6 nitrogen and oxygen atoms in total. The molecule has 0 saturated heterocycles. The van der Waals surface area contributed by atoms with Gasteiger partial charge in [0.05, 0.1) is 6.04 Å². The van der Waals surface area contributed by atoms with Gasteiger partial charge in [-0.2, -0.15) is 0 Å². The summed E-state index contributed by atoms with van der Waals surface area (Å²) < 4.78 is 30.7. The van der Waals surface area contributed by atoms with Crippen molar-refractivity contribution >= 4 is 12.3 Å². The summed E-state index contributed by atoms with van der Waals surface area (Å²) in [6.07, 6.45) is 2.86. The first-order valence-corrected chi connectivity index (χ1v) is 11.9. The van der Waals surface area contributed by atoms with Crippen LogP contribution in [0.2, 0.25) is 0 Å². The molecule has 3 rings (SSSR count). The van der Waals surface area contributed by atoms with Gasteiger partial charge in [0, 0.05) is 42.7 Å². The van der Waals surface area contributed by atoms with E-state index < -0.39 is 35.6 Å². The fourth-order valence-electron chi connectivity index (χ4n) is 4.51. The summed E-state index contributed by atoms with van der Waals surface area (Å²) in [4.78, 5) is 25.2. The van der Waals surface area contributed by atoms with E-state index in [1.807, 2.05) is 55.7 Å². The van der Waals surface area contributed by atoms with E-state index in [0.29, 0.717) is 38.0 Å². The predicted molar refractivity (Wildman–Crippen MR) is 135 cm³/mol. The van der Waals surface area contributed by atoms with Crippen LogP contribution in [0.4, 0.5) is 8.78 Å². The van der Waals surface area contributed by atoms with Gasteiger partial charge < -0.3 is 19.9 Å². The van der Waals surface area contributed by atoms with Gasteiger partial charge in [-0.1, -0.05) is 51.1 Å². The lowest BCUT2D eigenvalue weighted by molar-refractivity contribution is -0.139. The maximum Gasteiger partial charge on any atom is 0.248 e. The molecule has 2 N–H and O–H groups in total. The summed E-state index contributed by atoms with van der Waals surface area (Å²) in [5.74, 6) is -1.54. The molecule has 2 aromatic carbocycles. The number of aliphatic hydroxyl groups excluding tert-OH is 1. The Morgan fingerprint density at radius 2 is 1.86 bits per heavy atom. The molecule has 192 valence electrons. The van der Waals surface area contributed by atoms with E-state index in [1.54, 1.807) is 17.2 Å². The quantitative estimate of drug-likeness (QED) is 0.302. The van der Waals surface area contributed by atoms with Crippen molar-refractivity contribution in [1.82, 2.24) is 14.8 Å². The van der Waals surface area contributed by atoms with Crippen LogP contribution in [-0.4, -0.2) is 46.6 Å². The standard InChI is InChI=1S/C28H33F2N3O3/c1-28(2,3)27(33(26(36)18-34)13-7-12-31-19-35)25-14-21(23-15-22(29)10-11-24(23)30)17-32(25)16-20-8-5-4-6-9-20/h4-6,8-11,14-15,17,19,27,34H,7,12-13,16,18H2,1-3H3,(H,31,35). The molecular weight excluding hydrogens is 464 g/mol. The molecule has 36 heavy (non-hydrogen) atoms. The zero-order valence-corrected chi connectivity index (χ0v) is 20.9. The van der Waals surface area contributed by atoms with Crippen LogP contribution in [0.5, 0.6) is 0 Å². The molecule has 1 unspecified atom stereocenters. The Morgan fingerprint density at radius 3 is 2.50 bits per heavy atom. The molecule has 8 heteroatoms. The summed E-state index contributed by atoms with van der Waals surface area (Å²) in [5.41, 5.74) is 1.88. The lowest BCUT2D eigenvalue weighted by atomic mass is 9.83. The minimum Gasteiger partial charge on any atom is -0.387 e. The van der Waals surface area contributed by atoms with Crippen LogP contribution in [0.25, 0.3) is 11.1 Å². The van der Waals surface area contributed by atoms with Gasteiger partial charge in [-0.15, -0.1) is 0 Å². The molecule has 0 radical (unpaired) electrons. The number of aliphatic hydroxyl groups is 1. The second-order valence-corrected chi connectivity index (χ2v) is 9.83. The summed E-state index contributed by atoms with van der Waals surface area (Å²) >= 11 is 0. The van der Waals surface area contributed by atoms with Gasteiger partial charge in [0.1, 0.15) is 18.2 Å². The summed E-state index contributed by atoms with van der Waals surface area (Å²) in [6, 6.07) is 14.3. The first-order chi connectivity index (χ1) is 17.2. The van der Waals surface area contributed by atoms with E-state index in [9.17, 15) is 23.5 Å². The number of aromatic nitrogens is 1. The van der Waals surface area contributed by atoms with Crippen LogP contribution in [0, 0.1) is 17.0 Å². The molecule has 1 aromatic heterocycles. The number of carbonyl (C=O) groups excluding carboxylic acids is 2. The van der Waals surface area contributed by atoms with Crippen molar-refractivity contribution in [3.8, 4) is 11.1 Å². The number of carbonyl (C=O) groups is 2. The first-order valence-electron chi connectivity index (χ1n) is 11.9. The third-order valence-electron chi connectivity index (χ3n) is 6.04. The Kier molecular flexibility index (Phi) is 8.98. The van der Waals surface area contributed by atoms with Crippen molar-refractivity contribution in [2.75, 3.05) is 19.7 Å². The fraction of sp³-hybridized carbons (Fsp3) is 0.357. The molecule has 0 aliphatic heterocycles. The van der Waals surface area contributed by atoms with Gasteiger partial charge in [0.25, 0.3) is 0 Å². The average Bonchev–Trinajstić information content (AvgIpc) is 3.24. The van der Waals surface area contributed by atoms with Crippen molar-refractivity contribution < 1.29 is 23.5 Å². The van der Waals surface area contributed by atoms with Gasteiger partial charge in [-0.05, 0) is 41.7 Å². The van der Waals surface area contributed by atoms with Crippen LogP contribution < -0.4 is 5.32 Å². The summed E-state index contributed by atoms with van der Waals surface area (Å²) in [7, 11) is 0. The second-order valence-electron chi connectivity index (χ2n) is 9.83. The van der Waals surface area contributed by atoms with Crippen molar-refractivity contribution in [2.45, 2.75) is 39.8 Å². The largest absolute Gasteiger partial charge is 0.387 e. The summed E-state index contributed by atoms with van der Waals surface area (Å²) in [6.45, 7) is 6.42. The Balaban J connectivity index is 2.16. The molecule has 0 spiro atoms. The van der Waals surface area contributed by atoms with Crippen molar-refractivity contribution in [2.24, 2.45) is 5.41 Å². The molecule has 0 aliphatic rings. The van der Waals surface area contributed by atoms with Crippen molar-refractivity contribution in [3.05, 3.63) is 83.7 Å². The van der Waals surface area contributed by atoms with Crippen LogP contribution >= 0.6 is 0 Å². The number of halogens is 2. The average molecular weight is 498 g/mol. The van der Waals surface area contributed by atoms with Crippen LogP contribution in [0.15, 0.2) is 60.8 Å². The number of nitrogens with zero attached hydrogens (tertiary/aromatic N) is 2. The minimum absolute atomic E-state index is 0.130. The summed E-state index contributed by atoms with van der Waals surface area (Å²) in [5, 5.41) is 12.4. The Morgan fingerprint density at radius 1 is 1.14 bits per heavy atom. The lowest BCUT2D eigenvalue weighted by Crippen LogP contribution is -2.44. The number of nitrogens with one attached hydrogen (secondary N) is 1. The van der Waals surface area contributed by atoms with E-state index in [4.69, 9.17) is 0 Å². The van der Waals surface area contributed by atoms with Crippen LogP contribution in [0.1, 0.15) is 44.5 Å². The van der Waals surface area contributed by atoms with E-state index in [1.165, 1.54) is 0 Å². The van der Waals surface area contributed by atoms with Gasteiger partial charge >= 0.3 is 0 Å². The van der Waals surface area contributed by atoms with Crippen molar-refractivity contribution in [1.29, 1.82) is 0 Å². The van der Waals surface area contributed by atoms with Crippen LogP contribution in [-0.2, 0) is 16.1 Å². The molecule has 1 heterocycles. The molecule has 0 fully saturated rings. The lowest BCUT2D eigenvalue weighted by Gasteiger charge is -2.41. The van der Waals surface area contributed by atoms with Gasteiger partial charge in [0.15, 0.2) is 0 Å². The highest BCUT2D eigenvalue weighted by atomic mass is 19.1. The zero-order chi connectivity index (χ0) is 26.3. The Bertz CT molecular complexity index is 1170. The maximum atomic E-state index is 14.7. The molecule has 3 aromatic rings. The zero-order valence-electron chi connectivity index (χ0n) is 20.9. The number of hydrogen-bond donors (Lipinski definition) is 2. The SMILES string of the molecule is CC(C)(C)C(c1cc(-c2cc(F)ccc2F)cn1Cc1ccccc1)N(CCCNC=O)C(=O)CO. The van der Waals surface area contributed by atoms with Crippen LogP contribution in [0.3, 0.4) is 0 Å². The molecule has 0 saturated carbocycles. The predicted octanol–water partition coefficient (Wildman–Crippen LogP) is 4.53. The Labute approximate surface area is 210 Å². The molecule has 0 aliphatic carbocycles. The van der Waals surface area contributed by atoms with Gasteiger partial charge in [-0.3, -0.25) is 9.59 Å².